The Labute approximate surface area is 165 Å². The highest BCUT2D eigenvalue weighted by Crippen LogP contribution is 2.37. The van der Waals surface area contributed by atoms with Crippen molar-refractivity contribution in [2.24, 2.45) is 0 Å². The highest BCUT2D eigenvalue weighted by atomic mass is 32.2. The Morgan fingerprint density at radius 3 is 2.77 bits per heavy atom. The number of amidine groups is 1. The molecule has 0 amide bonds. The molecule has 0 aromatic heterocycles. The molecule has 0 radical (unpaired) electrons. The highest BCUT2D eigenvalue weighted by Gasteiger charge is 2.19. The molecule has 0 saturated carbocycles. The first kappa shape index (κ1) is 18.3. The minimum atomic E-state index is 0.538. The Hall–Kier alpha value is -1.11. The molecule has 1 fully saturated rings. The second-order valence-electron chi connectivity index (χ2n) is 7.13. The second-order valence-corrected chi connectivity index (χ2v) is 9.40. The number of thioether (sulfide) groups is 2. The van der Waals surface area contributed by atoms with Gasteiger partial charge in [-0.05, 0) is 63.5 Å². The van der Waals surface area contributed by atoms with Gasteiger partial charge in [0.2, 0.25) is 0 Å². The predicted octanol–water partition coefficient (Wildman–Crippen LogP) is 4.49. The summed E-state index contributed by atoms with van der Waals surface area (Å²) >= 11 is 3.72. The normalized spacial score (nSPS) is 20.2. The van der Waals surface area contributed by atoms with Crippen molar-refractivity contribution in [1.29, 1.82) is 5.41 Å². The molecule has 1 saturated heterocycles. The van der Waals surface area contributed by atoms with E-state index in [2.05, 4.69) is 39.4 Å². The zero-order chi connectivity index (χ0) is 17.8. The van der Waals surface area contributed by atoms with Gasteiger partial charge in [0.1, 0.15) is 5.84 Å². The summed E-state index contributed by atoms with van der Waals surface area (Å²) in [6, 6.07) is 6.59. The molecule has 3 aliphatic rings. The molecule has 2 N–H and O–H groups in total. The maximum absolute atomic E-state index is 8.25. The summed E-state index contributed by atoms with van der Waals surface area (Å²) in [7, 11) is 0. The van der Waals surface area contributed by atoms with Crippen molar-refractivity contribution in [1.82, 2.24) is 4.90 Å². The average Bonchev–Trinajstić information content (AvgIpc) is 3.36. The van der Waals surface area contributed by atoms with Crippen molar-refractivity contribution < 1.29 is 0 Å². The first-order chi connectivity index (χ1) is 12.8. The number of anilines is 2. The lowest BCUT2D eigenvalue weighted by Crippen LogP contribution is -2.32. The van der Waals surface area contributed by atoms with Crippen LogP contribution in [0.25, 0.3) is 0 Å². The fraction of sp³-hybridized carbons (Fsp3) is 0.550. The Morgan fingerprint density at radius 1 is 1.08 bits per heavy atom. The fourth-order valence-electron chi connectivity index (χ4n) is 3.88. The summed E-state index contributed by atoms with van der Waals surface area (Å²) in [5, 5.41) is 11.5. The standard InChI is InChI=1S/C20H28N4S2/c21-20(18-5-3-13-25-18)22-16-6-7-17-19(15-16)26-14-12-24(17)11-4-10-23-8-1-2-9-23/h5-7,15H,1-4,8-14H2,(H2,21,22). The van der Waals surface area contributed by atoms with E-state index in [9.17, 15) is 0 Å². The van der Waals surface area contributed by atoms with Gasteiger partial charge in [-0.3, -0.25) is 5.41 Å². The van der Waals surface area contributed by atoms with Gasteiger partial charge in [0.25, 0.3) is 0 Å². The van der Waals surface area contributed by atoms with Crippen molar-refractivity contribution in [3.63, 3.8) is 0 Å². The van der Waals surface area contributed by atoms with Crippen molar-refractivity contribution in [2.75, 3.05) is 54.4 Å². The molecule has 140 valence electrons. The Balaban J connectivity index is 1.36. The highest BCUT2D eigenvalue weighted by molar-refractivity contribution is 8.04. The molecule has 0 spiro atoms. The molecule has 0 aliphatic carbocycles. The molecule has 0 atom stereocenters. The minimum absolute atomic E-state index is 0.538. The fourth-order valence-corrected chi connectivity index (χ4v) is 5.85. The van der Waals surface area contributed by atoms with Gasteiger partial charge in [-0.15, -0.1) is 23.5 Å². The van der Waals surface area contributed by atoms with Crippen molar-refractivity contribution >= 4 is 40.7 Å². The molecule has 4 nitrogen and oxygen atoms in total. The maximum atomic E-state index is 8.25. The van der Waals surface area contributed by atoms with E-state index in [-0.39, 0.29) is 0 Å². The van der Waals surface area contributed by atoms with Gasteiger partial charge >= 0.3 is 0 Å². The molecule has 1 aromatic rings. The van der Waals surface area contributed by atoms with Gasteiger partial charge < -0.3 is 15.1 Å². The van der Waals surface area contributed by atoms with Crippen LogP contribution in [-0.4, -0.2) is 55.0 Å². The number of likely N-dealkylation sites (tertiary alicyclic amines) is 1. The van der Waals surface area contributed by atoms with Crippen LogP contribution in [0.2, 0.25) is 0 Å². The van der Waals surface area contributed by atoms with E-state index in [0.717, 1.165) is 41.6 Å². The molecule has 6 heteroatoms. The Bertz CT molecular complexity index is 682. The Kier molecular flexibility index (Phi) is 6.12. The summed E-state index contributed by atoms with van der Waals surface area (Å²) in [4.78, 5) is 7.59. The summed E-state index contributed by atoms with van der Waals surface area (Å²) in [6.07, 6.45) is 7.25. The summed E-state index contributed by atoms with van der Waals surface area (Å²) < 4.78 is 0. The first-order valence-electron chi connectivity index (χ1n) is 9.73. The van der Waals surface area contributed by atoms with E-state index in [0.29, 0.717) is 5.84 Å². The third-order valence-corrected chi connectivity index (χ3v) is 7.39. The monoisotopic (exact) mass is 388 g/mol. The predicted molar refractivity (Wildman–Crippen MR) is 116 cm³/mol. The average molecular weight is 389 g/mol. The van der Waals surface area contributed by atoms with Crippen LogP contribution in [0.4, 0.5) is 11.4 Å². The minimum Gasteiger partial charge on any atom is -0.370 e. The van der Waals surface area contributed by atoms with Gasteiger partial charge in [0.05, 0.1) is 5.69 Å². The van der Waals surface area contributed by atoms with E-state index in [1.165, 1.54) is 49.5 Å². The quantitative estimate of drug-likeness (QED) is 0.555. The van der Waals surface area contributed by atoms with Crippen molar-refractivity contribution in [3.05, 3.63) is 29.2 Å². The molecule has 3 heterocycles. The summed E-state index contributed by atoms with van der Waals surface area (Å²) in [5.41, 5.74) is 2.41. The number of hydrogen-bond donors (Lipinski definition) is 2. The topological polar surface area (TPSA) is 42.4 Å². The van der Waals surface area contributed by atoms with E-state index in [1.807, 2.05) is 11.8 Å². The third kappa shape index (κ3) is 4.41. The van der Waals surface area contributed by atoms with Crippen LogP contribution in [0.3, 0.4) is 0 Å². The van der Waals surface area contributed by atoms with E-state index < -0.39 is 0 Å². The van der Waals surface area contributed by atoms with Crippen molar-refractivity contribution in [3.8, 4) is 0 Å². The smallest absolute Gasteiger partial charge is 0.136 e. The number of nitrogens with zero attached hydrogens (tertiary/aromatic N) is 2. The van der Waals surface area contributed by atoms with E-state index >= 15 is 0 Å². The number of fused-ring (bicyclic) bond motifs is 1. The zero-order valence-electron chi connectivity index (χ0n) is 15.3. The summed E-state index contributed by atoms with van der Waals surface area (Å²) in [5.74, 6) is 2.79. The van der Waals surface area contributed by atoms with Gasteiger partial charge in [0, 0.05) is 40.1 Å². The van der Waals surface area contributed by atoms with E-state index in [4.69, 9.17) is 5.41 Å². The number of allylic oxidation sites excluding steroid dienone is 1. The molecule has 26 heavy (non-hydrogen) atoms. The molecular weight excluding hydrogens is 360 g/mol. The number of nitrogens with one attached hydrogen (secondary N) is 2. The lowest BCUT2D eigenvalue weighted by molar-refractivity contribution is 0.334. The van der Waals surface area contributed by atoms with Gasteiger partial charge in [-0.2, -0.15) is 0 Å². The maximum Gasteiger partial charge on any atom is 0.136 e. The van der Waals surface area contributed by atoms with E-state index in [1.54, 1.807) is 11.8 Å². The number of benzene rings is 1. The lowest BCUT2D eigenvalue weighted by Gasteiger charge is -2.31. The molecule has 3 aliphatic heterocycles. The van der Waals surface area contributed by atoms with Crippen LogP contribution < -0.4 is 10.2 Å². The number of rotatable bonds is 6. The van der Waals surface area contributed by atoms with Gasteiger partial charge in [-0.1, -0.05) is 6.08 Å². The molecule has 0 bridgehead atoms. The van der Waals surface area contributed by atoms with Crippen LogP contribution in [0.5, 0.6) is 0 Å². The lowest BCUT2D eigenvalue weighted by atomic mass is 10.2. The Morgan fingerprint density at radius 2 is 1.96 bits per heavy atom. The molecule has 0 unspecified atom stereocenters. The van der Waals surface area contributed by atoms with Crippen LogP contribution in [0.15, 0.2) is 34.1 Å². The summed E-state index contributed by atoms with van der Waals surface area (Å²) in [6.45, 7) is 6.12. The SMILES string of the molecule is N=C(Nc1ccc2c(c1)SCCN2CCCN1CCCC1)C1=CCCS1. The van der Waals surface area contributed by atoms with Crippen molar-refractivity contribution in [2.45, 2.75) is 30.6 Å². The van der Waals surface area contributed by atoms with Crippen LogP contribution in [-0.2, 0) is 0 Å². The van der Waals surface area contributed by atoms with Gasteiger partial charge in [0.15, 0.2) is 0 Å². The molecular formula is C20H28N4S2. The molecule has 1 aromatic carbocycles. The van der Waals surface area contributed by atoms with Crippen LogP contribution >= 0.6 is 23.5 Å². The third-order valence-electron chi connectivity index (χ3n) is 5.24. The number of hydrogen-bond acceptors (Lipinski definition) is 5. The largest absolute Gasteiger partial charge is 0.370 e. The van der Waals surface area contributed by atoms with Gasteiger partial charge in [-0.25, -0.2) is 0 Å². The first-order valence-corrected chi connectivity index (χ1v) is 11.7. The van der Waals surface area contributed by atoms with Crippen LogP contribution in [0.1, 0.15) is 25.7 Å². The van der Waals surface area contributed by atoms with Crippen LogP contribution in [0, 0.1) is 5.41 Å². The molecule has 4 rings (SSSR count). The zero-order valence-corrected chi connectivity index (χ0v) is 16.9. The second kappa shape index (κ2) is 8.72.